The van der Waals surface area contributed by atoms with E-state index < -0.39 is 0 Å². The van der Waals surface area contributed by atoms with Crippen LogP contribution in [0.1, 0.15) is 5.56 Å². The number of hydrogen-bond acceptors (Lipinski definition) is 4. The lowest BCUT2D eigenvalue weighted by Gasteiger charge is -2.20. The second-order valence-electron chi connectivity index (χ2n) is 4.82. The zero-order chi connectivity index (χ0) is 14.8. The maximum atomic E-state index is 11.3. The van der Waals surface area contributed by atoms with E-state index in [4.69, 9.17) is 9.47 Å². The van der Waals surface area contributed by atoms with Gasteiger partial charge < -0.3 is 19.4 Å². The second-order valence-corrected chi connectivity index (χ2v) is 5.68. The first-order chi connectivity index (χ1) is 10.1. The highest BCUT2D eigenvalue weighted by Crippen LogP contribution is 2.38. The number of nitrogens with one attached hydrogen (secondary N) is 1. The summed E-state index contributed by atoms with van der Waals surface area (Å²) in [5.74, 6) is 1.51. The van der Waals surface area contributed by atoms with Crippen molar-refractivity contribution < 1.29 is 9.47 Å². The second kappa shape index (κ2) is 5.81. The van der Waals surface area contributed by atoms with Crippen molar-refractivity contribution in [3.05, 3.63) is 50.9 Å². The Morgan fingerprint density at radius 3 is 2.90 bits per heavy atom. The van der Waals surface area contributed by atoms with E-state index in [1.165, 1.54) is 0 Å². The lowest BCUT2D eigenvalue weighted by Crippen LogP contribution is -2.16. The molecule has 0 bridgehead atoms. The number of pyridine rings is 1. The molecule has 0 saturated heterocycles. The predicted molar refractivity (Wildman–Crippen MR) is 84.1 cm³/mol. The summed E-state index contributed by atoms with van der Waals surface area (Å²) in [6.07, 6.45) is 1.77. The van der Waals surface area contributed by atoms with Crippen LogP contribution in [0.2, 0.25) is 0 Å². The summed E-state index contributed by atoms with van der Waals surface area (Å²) in [6, 6.07) is 7.29. The Labute approximate surface area is 130 Å². The summed E-state index contributed by atoms with van der Waals surface area (Å²) >= 11 is 3.50. The molecule has 110 valence electrons. The number of anilines is 1. The average Bonchev–Trinajstić information content (AvgIpc) is 2.49. The van der Waals surface area contributed by atoms with Crippen LogP contribution in [-0.2, 0) is 13.6 Å². The third-order valence-corrected chi connectivity index (χ3v) is 3.83. The number of halogens is 1. The fourth-order valence-corrected chi connectivity index (χ4v) is 2.77. The van der Waals surface area contributed by atoms with Crippen LogP contribution >= 0.6 is 15.9 Å². The molecule has 1 N–H and O–H groups in total. The molecule has 2 aromatic rings. The van der Waals surface area contributed by atoms with E-state index in [1.807, 2.05) is 12.1 Å². The van der Waals surface area contributed by atoms with E-state index in [-0.39, 0.29) is 5.56 Å². The SMILES string of the molecule is Cn1cc(NCc2cc(Br)c3c(c2)OCCO3)ccc1=O. The van der Waals surface area contributed by atoms with Crippen LogP contribution in [0.15, 0.2) is 39.7 Å². The Hall–Kier alpha value is -1.95. The van der Waals surface area contributed by atoms with Crippen LogP contribution in [0, 0.1) is 0 Å². The largest absolute Gasteiger partial charge is 0.486 e. The normalized spacial score (nSPS) is 13.0. The van der Waals surface area contributed by atoms with E-state index in [1.54, 1.807) is 29.9 Å². The van der Waals surface area contributed by atoms with Gasteiger partial charge in [0.15, 0.2) is 11.5 Å². The zero-order valence-corrected chi connectivity index (χ0v) is 13.1. The number of rotatable bonds is 3. The summed E-state index contributed by atoms with van der Waals surface area (Å²) in [6.45, 7) is 1.77. The quantitative estimate of drug-likeness (QED) is 0.924. The number of hydrogen-bond donors (Lipinski definition) is 1. The molecule has 5 nitrogen and oxygen atoms in total. The molecular weight excluding hydrogens is 336 g/mol. The molecular formula is C15H15BrN2O3. The van der Waals surface area contributed by atoms with E-state index in [9.17, 15) is 4.79 Å². The van der Waals surface area contributed by atoms with Crippen molar-refractivity contribution in [2.24, 2.45) is 7.05 Å². The van der Waals surface area contributed by atoms with Gasteiger partial charge in [0.2, 0.25) is 5.56 Å². The van der Waals surface area contributed by atoms with Crippen molar-refractivity contribution in [2.75, 3.05) is 18.5 Å². The Bertz CT molecular complexity index is 727. The number of nitrogens with zero attached hydrogens (tertiary/aromatic N) is 1. The Morgan fingerprint density at radius 1 is 1.29 bits per heavy atom. The molecule has 21 heavy (non-hydrogen) atoms. The van der Waals surface area contributed by atoms with E-state index in [0.717, 1.165) is 27.2 Å². The highest BCUT2D eigenvalue weighted by molar-refractivity contribution is 9.10. The molecule has 0 spiro atoms. The summed E-state index contributed by atoms with van der Waals surface area (Å²) in [7, 11) is 1.73. The molecule has 0 fully saturated rings. The van der Waals surface area contributed by atoms with Gasteiger partial charge in [0.25, 0.3) is 0 Å². The third-order valence-electron chi connectivity index (χ3n) is 3.24. The van der Waals surface area contributed by atoms with Gasteiger partial charge in [-0.1, -0.05) is 0 Å². The van der Waals surface area contributed by atoms with Crippen molar-refractivity contribution in [1.82, 2.24) is 4.57 Å². The fourth-order valence-electron chi connectivity index (χ4n) is 2.17. The van der Waals surface area contributed by atoms with Crippen molar-refractivity contribution in [3.8, 4) is 11.5 Å². The topological polar surface area (TPSA) is 52.5 Å². The van der Waals surface area contributed by atoms with Crippen LogP contribution in [0.3, 0.4) is 0 Å². The molecule has 1 aliphatic heterocycles. The molecule has 6 heteroatoms. The zero-order valence-electron chi connectivity index (χ0n) is 11.6. The first-order valence-electron chi connectivity index (χ1n) is 6.62. The lowest BCUT2D eigenvalue weighted by molar-refractivity contribution is 0.170. The highest BCUT2D eigenvalue weighted by atomic mass is 79.9. The van der Waals surface area contributed by atoms with Crippen molar-refractivity contribution in [1.29, 1.82) is 0 Å². The molecule has 3 rings (SSSR count). The van der Waals surface area contributed by atoms with Crippen molar-refractivity contribution in [2.45, 2.75) is 6.54 Å². The predicted octanol–water partition coefficient (Wildman–Crippen LogP) is 2.53. The van der Waals surface area contributed by atoms with Crippen LogP contribution in [0.4, 0.5) is 5.69 Å². The fraction of sp³-hybridized carbons (Fsp3) is 0.267. The maximum Gasteiger partial charge on any atom is 0.250 e. The first-order valence-corrected chi connectivity index (χ1v) is 7.41. The van der Waals surface area contributed by atoms with Gasteiger partial charge in [0.1, 0.15) is 13.2 Å². The minimum absolute atomic E-state index is 0.0253. The standard InChI is InChI=1S/C15H15BrN2O3/c1-18-9-11(2-3-14(18)19)17-8-10-6-12(16)15-13(7-10)20-4-5-21-15/h2-3,6-7,9,17H,4-5,8H2,1H3. The Morgan fingerprint density at radius 2 is 2.10 bits per heavy atom. The monoisotopic (exact) mass is 350 g/mol. The van der Waals surface area contributed by atoms with Gasteiger partial charge >= 0.3 is 0 Å². The van der Waals surface area contributed by atoms with Crippen LogP contribution in [-0.4, -0.2) is 17.8 Å². The smallest absolute Gasteiger partial charge is 0.250 e. The Balaban J connectivity index is 1.77. The molecule has 2 heterocycles. The number of benzene rings is 1. The first kappa shape index (κ1) is 14.0. The molecule has 0 aliphatic carbocycles. The summed E-state index contributed by atoms with van der Waals surface area (Å²) in [5.41, 5.74) is 1.94. The van der Waals surface area contributed by atoms with Gasteiger partial charge in [-0.15, -0.1) is 0 Å². The molecule has 0 unspecified atom stereocenters. The molecule has 1 aliphatic rings. The van der Waals surface area contributed by atoms with Crippen LogP contribution in [0.25, 0.3) is 0 Å². The van der Waals surface area contributed by atoms with Crippen molar-refractivity contribution in [3.63, 3.8) is 0 Å². The van der Waals surface area contributed by atoms with Gasteiger partial charge in [-0.3, -0.25) is 4.79 Å². The Kier molecular flexibility index (Phi) is 3.88. The number of fused-ring (bicyclic) bond motifs is 1. The van der Waals surface area contributed by atoms with Gasteiger partial charge in [-0.2, -0.15) is 0 Å². The van der Waals surface area contributed by atoms with E-state index in [2.05, 4.69) is 21.2 Å². The summed E-state index contributed by atoms with van der Waals surface area (Å²) < 4.78 is 13.6. The van der Waals surface area contributed by atoms with Crippen LogP contribution < -0.4 is 20.3 Å². The molecule has 0 atom stereocenters. The molecule has 1 aromatic heterocycles. The van der Waals surface area contributed by atoms with Crippen molar-refractivity contribution >= 4 is 21.6 Å². The van der Waals surface area contributed by atoms with Gasteiger partial charge in [0, 0.05) is 25.9 Å². The third kappa shape index (κ3) is 3.05. The average molecular weight is 351 g/mol. The molecule has 0 amide bonds. The van der Waals surface area contributed by atoms with Gasteiger partial charge in [-0.25, -0.2) is 0 Å². The number of aryl methyl sites for hydroxylation is 1. The lowest BCUT2D eigenvalue weighted by atomic mass is 10.2. The maximum absolute atomic E-state index is 11.3. The molecule has 0 radical (unpaired) electrons. The molecule has 1 aromatic carbocycles. The summed E-state index contributed by atoms with van der Waals surface area (Å²) in [4.78, 5) is 11.3. The minimum Gasteiger partial charge on any atom is -0.486 e. The van der Waals surface area contributed by atoms with Gasteiger partial charge in [0.05, 0.1) is 10.2 Å². The van der Waals surface area contributed by atoms with E-state index >= 15 is 0 Å². The van der Waals surface area contributed by atoms with Gasteiger partial charge in [-0.05, 0) is 39.7 Å². The number of ether oxygens (including phenoxy) is 2. The molecule has 0 saturated carbocycles. The highest BCUT2D eigenvalue weighted by Gasteiger charge is 2.16. The van der Waals surface area contributed by atoms with E-state index in [0.29, 0.717) is 19.8 Å². The van der Waals surface area contributed by atoms with Crippen LogP contribution in [0.5, 0.6) is 11.5 Å². The number of aromatic nitrogens is 1. The minimum atomic E-state index is -0.0253. The summed E-state index contributed by atoms with van der Waals surface area (Å²) in [5, 5.41) is 3.29.